The molecule has 19 heavy (non-hydrogen) atoms. The summed E-state index contributed by atoms with van der Waals surface area (Å²) in [7, 11) is 0. The smallest absolute Gasteiger partial charge is 0.221 e. The van der Waals surface area contributed by atoms with Gasteiger partial charge in [0.15, 0.2) is 0 Å². The molecule has 2 atom stereocenters. The summed E-state index contributed by atoms with van der Waals surface area (Å²) in [6.07, 6.45) is 0.489. The van der Waals surface area contributed by atoms with Crippen LogP contribution in [-0.2, 0) is 4.79 Å². The Kier molecular flexibility index (Phi) is 3.26. The number of halogens is 1. The quantitative estimate of drug-likeness (QED) is 0.887. The van der Waals surface area contributed by atoms with Crippen LogP contribution in [0.1, 0.15) is 29.5 Å². The topological polar surface area (TPSA) is 29.1 Å². The molecule has 3 rings (SSSR count). The van der Waals surface area contributed by atoms with E-state index < -0.39 is 0 Å². The van der Waals surface area contributed by atoms with E-state index in [1.54, 1.807) is 0 Å². The Morgan fingerprint density at radius 1 is 1.00 bits per heavy atom. The summed E-state index contributed by atoms with van der Waals surface area (Å²) in [6, 6.07) is 17.8. The molecule has 2 aromatic carbocycles. The maximum atomic E-state index is 11.8. The Bertz CT molecular complexity index is 597. The highest BCUT2D eigenvalue weighted by atomic mass is 35.5. The molecule has 1 aliphatic heterocycles. The number of rotatable bonds is 2. The summed E-state index contributed by atoms with van der Waals surface area (Å²) in [5.41, 5.74) is 2.16. The summed E-state index contributed by atoms with van der Waals surface area (Å²) in [5.74, 6) is 0.183. The molecule has 1 heterocycles. The van der Waals surface area contributed by atoms with Crippen LogP contribution >= 0.6 is 11.6 Å². The minimum atomic E-state index is 0.00796. The van der Waals surface area contributed by atoms with E-state index in [0.717, 1.165) is 16.1 Å². The van der Waals surface area contributed by atoms with E-state index in [0.29, 0.717) is 6.42 Å². The lowest BCUT2D eigenvalue weighted by Gasteiger charge is -2.20. The zero-order chi connectivity index (χ0) is 13.2. The molecule has 2 nitrogen and oxygen atoms in total. The highest BCUT2D eigenvalue weighted by Crippen LogP contribution is 2.40. The molecule has 2 aromatic rings. The van der Waals surface area contributed by atoms with Crippen LogP contribution in [-0.4, -0.2) is 5.91 Å². The van der Waals surface area contributed by atoms with Gasteiger partial charge in [-0.15, -0.1) is 0 Å². The molecular weight excluding hydrogens is 258 g/mol. The first-order valence-corrected chi connectivity index (χ1v) is 6.72. The van der Waals surface area contributed by atoms with E-state index in [1.165, 1.54) is 0 Å². The van der Waals surface area contributed by atoms with Gasteiger partial charge in [-0.3, -0.25) is 4.79 Å². The highest BCUT2D eigenvalue weighted by Gasteiger charge is 2.35. The number of hydrogen-bond acceptors (Lipinski definition) is 1. The van der Waals surface area contributed by atoms with Crippen molar-refractivity contribution in [2.75, 3.05) is 0 Å². The van der Waals surface area contributed by atoms with Crippen molar-refractivity contribution < 1.29 is 4.79 Å². The second-order valence-electron chi connectivity index (χ2n) is 4.79. The first-order valence-electron chi connectivity index (χ1n) is 6.34. The minimum Gasteiger partial charge on any atom is -0.349 e. The standard InChI is InChI=1S/C16H14ClNO/c17-14-9-5-4-8-12(14)13-10-15(19)18-16(13)11-6-2-1-3-7-11/h1-9,13,16H,10H2,(H,18,19). The van der Waals surface area contributed by atoms with E-state index in [9.17, 15) is 4.79 Å². The molecule has 0 radical (unpaired) electrons. The summed E-state index contributed by atoms with van der Waals surface area (Å²) >= 11 is 6.27. The lowest BCUT2D eigenvalue weighted by Crippen LogP contribution is -2.20. The molecule has 2 unspecified atom stereocenters. The molecule has 1 saturated heterocycles. The Labute approximate surface area is 117 Å². The van der Waals surface area contributed by atoms with Gasteiger partial charge in [-0.1, -0.05) is 60.1 Å². The van der Waals surface area contributed by atoms with Crippen molar-refractivity contribution in [3.8, 4) is 0 Å². The van der Waals surface area contributed by atoms with Gasteiger partial charge >= 0.3 is 0 Å². The van der Waals surface area contributed by atoms with Gasteiger partial charge in [-0.2, -0.15) is 0 Å². The molecule has 1 N–H and O–H groups in total. The maximum absolute atomic E-state index is 11.8. The van der Waals surface area contributed by atoms with Gasteiger partial charge < -0.3 is 5.32 Å². The average Bonchev–Trinajstić information content (AvgIpc) is 2.82. The average molecular weight is 272 g/mol. The number of benzene rings is 2. The Morgan fingerprint density at radius 3 is 2.42 bits per heavy atom. The van der Waals surface area contributed by atoms with E-state index >= 15 is 0 Å². The maximum Gasteiger partial charge on any atom is 0.221 e. The number of amides is 1. The molecule has 96 valence electrons. The Morgan fingerprint density at radius 2 is 1.68 bits per heavy atom. The Balaban J connectivity index is 2.00. The monoisotopic (exact) mass is 271 g/mol. The zero-order valence-corrected chi connectivity index (χ0v) is 11.1. The van der Waals surface area contributed by atoms with E-state index in [-0.39, 0.29) is 17.9 Å². The van der Waals surface area contributed by atoms with Crippen molar-refractivity contribution in [2.24, 2.45) is 0 Å². The lowest BCUT2D eigenvalue weighted by atomic mass is 9.88. The van der Waals surface area contributed by atoms with Crippen LogP contribution in [0.5, 0.6) is 0 Å². The fourth-order valence-electron chi connectivity index (χ4n) is 2.69. The predicted octanol–water partition coefficient (Wildman–Crippen LogP) is 3.68. The molecule has 0 aliphatic carbocycles. The summed E-state index contributed by atoms with van der Waals surface area (Å²) in [4.78, 5) is 11.8. The summed E-state index contributed by atoms with van der Waals surface area (Å²) in [6.45, 7) is 0. The molecule has 0 saturated carbocycles. The molecule has 1 amide bonds. The van der Waals surface area contributed by atoms with Crippen molar-refractivity contribution >= 4 is 17.5 Å². The van der Waals surface area contributed by atoms with Crippen molar-refractivity contribution in [1.29, 1.82) is 0 Å². The molecule has 1 fully saturated rings. The molecule has 0 aromatic heterocycles. The van der Waals surface area contributed by atoms with Gasteiger partial charge in [-0.25, -0.2) is 0 Å². The normalized spacial score (nSPS) is 22.3. The van der Waals surface area contributed by atoms with Crippen molar-refractivity contribution in [2.45, 2.75) is 18.4 Å². The Hall–Kier alpha value is -1.80. The third-order valence-corrected chi connectivity index (χ3v) is 3.93. The predicted molar refractivity (Wildman–Crippen MR) is 76.1 cm³/mol. The van der Waals surface area contributed by atoms with Gasteiger partial charge in [-0.05, 0) is 17.2 Å². The summed E-state index contributed by atoms with van der Waals surface area (Å²) < 4.78 is 0. The van der Waals surface area contributed by atoms with Gasteiger partial charge in [0.1, 0.15) is 0 Å². The van der Waals surface area contributed by atoms with Crippen LogP contribution in [0.2, 0.25) is 5.02 Å². The van der Waals surface area contributed by atoms with Crippen LogP contribution in [0.3, 0.4) is 0 Å². The van der Waals surface area contributed by atoms with E-state index in [1.807, 2.05) is 54.6 Å². The van der Waals surface area contributed by atoms with Gasteiger partial charge in [0.05, 0.1) is 6.04 Å². The van der Waals surface area contributed by atoms with Gasteiger partial charge in [0, 0.05) is 17.4 Å². The van der Waals surface area contributed by atoms with Crippen LogP contribution in [0.15, 0.2) is 54.6 Å². The molecule has 1 aliphatic rings. The number of carbonyl (C=O) groups is 1. The third-order valence-electron chi connectivity index (χ3n) is 3.59. The van der Waals surface area contributed by atoms with Crippen LogP contribution in [0.4, 0.5) is 0 Å². The SMILES string of the molecule is O=C1CC(c2ccccc2Cl)C(c2ccccc2)N1. The highest BCUT2D eigenvalue weighted by molar-refractivity contribution is 6.31. The first-order chi connectivity index (χ1) is 9.25. The number of carbonyl (C=O) groups excluding carboxylic acids is 1. The largest absolute Gasteiger partial charge is 0.349 e. The van der Waals surface area contributed by atoms with Gasteiger partial charge in [0.25, 0.3) is 0 Å². The van der Waals surface area contributed by atoms with Gasteiger partial charge in [0.2, 0.25) is 5.91 Å². The fraction of sp³-hybridized carbons (Fsp3) is 0.188. The fourth-order valence-corrected chi connectivity index (χ4v) is 2.97. The molecule has 3 heteroatoms. The third kappa shape index (κ3) is 2.36. The molecular formula is C16H14ClNO. The van der Waals surface area contributed by atoms with Crippen molar-refractivity contribution in [3.63, 3.8) is 0 Å². The molecule has 0 spiro atoms. The van der Waals surface area contributed by atoms with Crippen LogP contribution < -0.4 is 5.32 Å². The second-order valence-corrected chi connectivity index (χ2v) is 5.20. The zero-order valence-electron chi connectivity index (χ0n) is 10.3. The van der Waals surface area contributed by atoms with Crippen molar-refractivity contribution in [1.82, 2.24) is 5.32 Å². The van der Waals surface area contributed by atoms with Crippen LogP contribution in [0, 0.1) is 0 Å². The number of nitrogens with one attached hydrogen (secondary N) is 1. The minimum absolute atomic E-state index is 0.00796. The van der Waals surface area contributed by atoms with Crippen molar-refractivity contribution in [3.05, 3.63) is 70.7 Å². The number of hydrogen-bond donors (Lipinski definition) is 1. The van der Waals surface area contributed by atoms with Crippen LogP contribution in [0.25, 0.3) is 0 Å². The first kappa shape index (κ1) is 12.2. The summed E-state index contributed by atoms with van der Waals surface area (Å²) in [5, 5.41) is 3.78. The second kappa shape index (κ2) is 5.06. The molecule has 0 bridgehead atoms. The van der Waals surface area contributed by atoms with E-state index in [4.69, 9.17) is 11.6 Å². The lowest BCUT2D eigenvalue weighted by molar-refractivity contribution is -0.119. The van der Waals surface area contributed by atoms with E-state index in [2.05, 4.69) is 5.32 Å².